The van der Waals surface area contributed by atoms with Gasteiger partial charge >= 0.3 is 0 Å². The molecule has 1 heterocycles. The molecule has 1 saturated heterocycles. The largest absolute Gasteiger partial charge is 0.497 e. The molecule has 1 aromatic carbocycles. The van der Waals surface area contributed by atoms with Crippen LogP contribution in [-0.4, -0.2) is 50.6 Å². The molecule has 0 aromatic heterocycles. The van der Waals surface area contributed by atoms with E-state index in [-0.39, 0.29) is 24.2 Å². The van der Waals surface area contributed by atoms with E-state index >= 15 is 0 Å². The molecule has 5 nitrogen and oxygen atoms in total. The van der Waals surface area contributed by atoms with Crippen molar-refractivity contribution in [3.63, 3.8) is 0 Å². The first-order chi connectivity index (χ1) is 10.7. The van der Waals surface area contributed by atoms with Crippen molar-refractivity contribution in [2.45, 2.75) is 19.3 Å². The minimum atomic E-state index is 0. The highest BCUT2D eigenvalue weighted by molar-refractivity contribution is 5.85. The number of amides is 1. The maximum absolute atomic E-state index is 12.0. The van der Waals surface area contributed by atoms with Crippen molar-refractivity contribution < 1.29 is 9.53 Å². The Morgan fingerprint density at radius 2 is 2.13 bits per heavy atom. The van der Waals surface area contributed by atoms with Crippen LogP contribution in [0, 0.1) is 5.92 Å². The van der Waals surface area contributed by atoms with Crippen molar-refractivity contribution >= 4 is 18.3 Å². The molecule has 0 bridgehead atoms. The molecule has 1 unspecified atom stereocenters. The number of carbonyl (C=O) groups excluding carboxylic acids is 1. The number of ether oxygens (including phenoxy) is 1. The van der Waals surface area contributed by atoms with Gasteiger partial charge in [0.05, 0.1) is 13.0 Å². The van der Waals surface area contributed by atoms with Crippen LogP contribution in [0.1, 0.15) is 18.4 Å². The number of carbonyl (C=O) groups is 1. The fourth-order valence-electron chi connectivity index (χ4n) is 2.89. The van der Waals surface area contributed by atoms with Gasteiger partial charge in [-0.25, -0.2) is 0 Å². The number of nitrogens with zero attached hydrogens (tertiary/aromatic N) is 1. The lowest BCUT2D eigenvalue weighted by atomic mass is 9.96. The van der Waals surface area contributed by atoms with Crippen LogP contribution >= 0.6 is 12.4 Å². The summed E-state index contributed by atoms with van der Waals surface area (Å²) in [7, 11) is 1.68. The summed E-state index contributed by atoms with van der Waals surface area (Å²) in [6.07, 6.45) is 3.07. The number of benzene rings is 1. The van der Waals surface area contributed by atoms with E-state index in [4.69, 9.17) is 10.5 Å². The number of nitrogens with two attached hydrogens (primary N) is 1. The standard InChI is InChI=1S/C17H27N3O2.ClH/c1-22-16-6-4-14(5-7-16)8-12-20-11-2-3-15(13-20)17(21)19-10-9-18;/h4-7,15H,2-3,8-13,18H2,1H3,(H,19,21);1H. The Kier molecular flexibility index (Phi) is 8.99. The number of hydrogen-bond donors (Lipinski definition) is 2. The third-order valence-corrected chi connectivity index (χ3v) is 4.20. The van der Waals surface area contributed by atoms with Crippen molar-refractivity contribution in [1.82, 2.24) is 10.2 Å². The maximum Gasteiger partial charge on any atom is 0.224 e. The highest BCUT2D eigenvalue weighted by Crippen LogP contribution is 2.18. The molecular formula is C17H28ClN3O2. The third-order valence-electron chi connectivity index (χ3n) is 4.20. The molecule has 2 rings (SSSR count). The van der Waals surface area contributed by atoms with E-state index in [9.17, 15) is 4.79 Å². The Hall–Kier alpha value is -1.30. The summed E-state index contributed by atoms with van der Waals surface area (Å²) in [6, 6.07) is 8.20. The molecule has 0 spiro atoms. The predicted molar refractivity (Wildman–Crippen MR) is 95.2 cm³/mol. The molecule has 1 aromatic rings. The van der Waals surface area contributed by atoms with Gasteiger partial charge in [-0.3, -0.25) is 4.79 Å². The van der Waals surface area contributed by atoms with E-state index in [1.165, 1.54) is 5.56 Å². The van der Waals surface area contributed by atoms with Gasteiger partial charge in [0, 0.05) is 26.2 Å². The van der Waals surface area contributed by atoms with Crippen molar-refractivity contribution in [2.24, 2.45) is 11.7 Å². The SMILES string of the molecule is COc1ccc(CCN2CCCC(C(=O)NCCN)C2)cc1.Cl. The average Bonchev–Trinajstić information content (AvgIpc) is 2.58. The minimum absolute atomic E-state index is 0. The number of methoxy groups -OCH3 is 1. The van der Waals surface area contributed by atoms with Gasteiger partial charge in [-0.15, -0.1) is 12.4 Å². The molecule has 3 N–H and O–H groups in total. The molecule has 0 radical (unpaired) electrons. The zero-order chi connectivity index (χ0) is 15.8. The second kappa shape index (κ2) is 10.5. The zero-order valence-corrected chi connectivity index (χ0v) is 14.6. The first kappa shape index (κ1) is 19.7. The molecule has 1 amide bonds. The number of piperidine rings is 1. The first-order valence-electron chi connectivity index (χ1n) is 8.06. The van der Waals surface area contributed by atoms with Gasteiger partial charge in [0.2, 0.25) is 5.91 Å². The van der Waals surface area contributed by atoms with Crippen LogP contribution in [-0.2, 0) is 11.2 Å². The highest BCUT2D eigenvalue weighted by atomic mass is 35.5. The molecule has 130 valence electrons. The van der Waals surface area contributed by atoms with Crippen molar-refractivity contribution in [1.29, 1.82) is 0 Å². The quantitative estimate of drug-likeness (QED) is 0.787. The van der Waals surface area contributed by atoms with E-state index in [2.05, 4.69) is 22.3 Å². The molecular weight excluding hydrogens is 314 g/mol. The fraction of sp³-hybridized carbons (Fsp3) is 0.588. The summed E-state index contributed by atoms with van der Waals surface area (Å²) < 4.78 is 5.17. The van der Waals surface area contributed by atoms with Crippen LogP contribution in [0.15, 0.2) is 24.3 Å². The number of hydrogen-bond acceptors (Lipinski definition) is 4. The number of rotatable bonds is 7. The summed E-state index contributed by atoms with van der Waals surface area (Å²) in [4.78, 5) is 14.4. The Morgan fingerprint density at radius 3 is 2.78 bits per heavy atom. The molecule has 0 aliphatic carbocycles. The predicted octanol–water partition coefficient (Wildman–Crippen LogP) is 1.45. The molecule has 1 fully saturated rings. The molecule has 1 aliphatic heterocycles. The van der Waals surface area contributed by atoms with Crippen LogP contribution in [0.4, 0.5) is 0 Å². The molecule has 0 saturated carbocycles. The Balaban J connectivity index is 0.00000264. The second-order valence-electron chi connectivity index (χ2n) is 5.82. The van der Waals surface area contributed by atoms with Crippen molar-refractivity contribution in [3.05, 3.63) is 29.8 Å². The van der Waals surface area contributed by atoms with E-state index in [0.29, 0.717) is 13.1 Å². The maximum atomic E-state index is 12.0. The molecule has 23 heavy (non-hydrogen) atoms. The fourth-order valence-corrected chi connectivity index (χ4v) is 2.89. The Bertz CT molecular complexity index is 467. The van der Waals surface area contributed by atoms with Gasteiger partial charge < -0.3 is 20.7 Å². The number of nitrogens with one attached hydrogen (secondary N) is 1. The lowest BCUT2D eigenvalue weighted by molar-refractivity contribution is -0.126. The smallest absolute Gasteiger partial charge is 0.224 e. The first-order valence-corrected chi connectivity index (χ1v) is 8.06. The van der Waals surface area contributed by atoms with E-state index in [1.54, 1.807) is 7.11 Å². The lowest BCUT2D eigenvalue weighted by Gasteiger charge is -2.32. The molecule has 6 heteroatoms. The third kappa shape index (κ3) is 6.37. The van der Waals surface area contributed by atoms with Crippen LogP contribution in [0.3, 0.4) is 0 Å². The normalized spacial score (nSPS) is 18.1. The minimum Gasteiger partial charge on any atom is -0.497 e. The van der Waals surface area contributed by atoms with Gasteiger partial charge in [0.15, 0.2) is 0 Å². The zero-order valence-electron chi connectivity index (χ0n) is 13.8. The Morgan fingerprint density at radius 1 is 1.39 bits per heavy atom. The summed E-state index contributed by atoms with van der Waals surface area (Å²) in [5.41, 5.74) is 6.73. The van der Waals surface area contributed by atoms with Crippen LogP contribution < -0.4 is 15.8 Å². The molecule has 1 atom stereocenters. The Labute approximate surface area is 145 Å². The van der Waals surface area contributed by atoms with Gasteiger partial charge in [-0.05, 0) is 43.5 Å². The lowest BCUT2D eigenvalue weighted by Crippen LogP contribution is -2.44. The van der Waals surface area contributed by atoms with Gasteiger partial charge in [0.1, 0.15) is 5.75 Å². The summed E-state index contributed by atoms with van der Waals surface area (Å²) >= 11 is 0. The van der Waals surface area contributed by atoms with Crippen molar-refractivity contribution in [3.8, 4) is 5.75 Å². The monoisotopic (exact) mass is 341 g/mol. The van der Waals surface area contributed by atoms with Crippen molar-refractivity contribution in [2.75, 3.05) is 39.8 Å². The van der Waals surface area contributed by atoms with E-state index in [0.717, 1.165) is 44.6 Å². The average molecular weight is 342 g/mol. The summed E-state index contributed by atoms with van der Waals surface area (Å²) in [5, 5.41) is 2.90. The summed E-state index contributed by atoms with van der Waals surface area (Å²) in [5.74, 6) is 1.15. The van der Waals surface area contributed by atoms with Crippen LogP contribution in [0.5, 0.6) is 5.75 Å². The molecule has 1 aliphatic rings. The van der Waals surface area contributed by atoms with Crippen LogP contribution in [0.2, 0.25) is 0 Å². The topological polar surface area (TPSA) is 67.6 Å². The van der Waals surface area contributed by atoms with Gasteiger partial charge in [0.25, 0.3) is 0 Å². The van der Waals surface area contributed by atoms with Gasteiger partial charge in [-0.2, -0.15) is 0 Å². The van der Waals surface area contributed by atoms with E-state index in [1.807, 2.05) is 12.1 Å². The van der Waals surface area contributed by atoms with Gasteiger partial charge in [-0.1, -0.05) is 12.1 Å². The van der Waals surface area contributed by atoms with Crippen LogP contribution in [0.25, 0.3) is 0 Å². The second-order valence-corrected chi connectivity index (χ2v) is 5.82. The highest BCUT2D eigenvalue weighted by Gasteiger charge is 2.25. The number of halogens is 1. The number of likely N-dealkylation sites (tertiary alicyclic amines) is 1. The summed E-state index contributed by atoms with van der Waals surface area (Å²) in [6.45, 7) is 4.00. The van der Waals surface area contributed by atoms with E-state index < -0.39 is 0 Å².